The summed E-state index contributed by atoms with van der Waals surface area (Å²) in [5.41, 5.74) is 1.51. The van der Waals surface area contributed by atoms with Gasteiger partial charge in [0.2, 0.25) is 0 Å². The van der Waals surface area contributed by atoms with Gasteiger partial charge in [-0.15, -0.1) is 11.3 Å². The Bertz CT molecular complexity index is 545. The van der Waals surface area contributed by atoms with E-state index in [1.807, 2.05) is 11.3 Å². The van der Waals surface area contributed by atoms with Crippen molar-refractivity contribution >= 4 is 21.4 Å². The molecule has 0 aliphatic heterocycles. The van der Waals surface area contributed by atoms with Crippen LogP contribution in [0.4, 0.5) is 0 Å². The van der Waals surface area contributed by atoms with E-state index >= 15 is 0 Å². The van der Waals surface area contributed by atoms with Crippen LogP contribution in [0.2, 0.25) is 0 Å². The van der Waals surface area contributed by atoms with Crippen LogP contribution in [0.1, 0.15) is 44.2 Å². The normalized spacial score (nSPS) is 25.6. The van der Waals surface area contributed by atoms with Gasteiger partial charge in [0.15, 0.2) is 0 Å². The first kappa shape index (κ1) is 13.1. The Balaban J connectivity index is 1.95. The number of fused-ring (bicyclic) bond motifs is 1. The fourth-order valence-corrected chi connectivity index (χ4v) is 4.64. The molecule has 1 fully saturated rings. The maximum Gasteiger partial charge on any atom is 0.0390 e. The number of thiophene rings is 1. The van der Waals surface area contributed by atoms with Gasteiger partial charge in [0.25, 0.3) is 0 Å². The van der Waals surface area contributed by atoms with Gasteiger partial charge in [0.05, 0.1) is 0 Å². The zero-order valence-electron chi connectivity index (χ0n) is 11.9. The van der Waals surface area contributed by atoms with Crippen molar-refractivity contribution in [1.29, 1.82) is 0 Å². The van der Waals surface area contributed by atoms with E-state index in [0.717, 1.165) is 11.8 Å². The summed E-state index contributed by atoms with van der Waals surface area (Å²) in [6.07, 6.45) is 5.55. The highest BCUT2D eigenvalue weighted by atomic mass is 32.1. The van der Waals surface area contributed by atoms with E-state index in [1.54, 1.807) is 0 Å². The molecule has 1 N–H and O–H groups in total. The predicted molar refractivity (Wildman–Crippen MR) is 84.7 cm³/mol. The number of nitrogens with one attached hydrogen (secondary N) is 1. The number of hydrogen-bond donors (Lipinski definition) is 1. The molecule has 102 valence electrons. The molecule has 0 radical (unpaired) electrons. The second-order valence-corrected chi connectivity index (χ2v) is 6.90. The standard InChI is InChI=1S/C17H23NS/c1-12-5-3-7-14(11-12)16(18-2)15-8-4-6-13-9-10-19-17(13)15/h4,6,8-10,12,14,16,18H,3,5,7,11H2,1-2H3. The second kappa shape index (κ2) is 5.64. The summed E-state index contributed by atoms with van der Waals surface area (Å²) >= 11 is 1.88. The minimum absolute atomic E-state index is 0.519. The summed E-state index contributed by atoms with van der Waals surface area (Å²) < 4.78 is 1.47. The molecule has 0 amide bonds. The maximum atomic E-state index is 3.60. The van der Waals surface area contributed by atoms with Gasteiger partial charge in [-0.05, 0) is 54.1 Å². The number of benzene rings is 1. The molecule has 1 aliphatic carbocycles. The molecule has 1 saturated carbocycles. The summed E-state index contributed by atoms with van der Waals surface area (Å²) in [6.45, 7) is 2.41. The molecule has 3 atom stereocenters. The third-order valence-corrected chi connectivity index (χ3v) is 5.58. The Morgan fingerprint density at radius 1 is 1.26 bits per heavy atom. The summed E-state index contributed by atoms with van der Waals surface area (Å²) in [7, 11) is 2.12. The largest absolute Gasteiger partial charge is 0.313 e. The van der Waals surface area contributed by atoms with Gasteiger partial charge in [-0.2, -0.15) is 0 Å². The Kier molecular flexibility index (Phi) is 3.90. The molecule has 1 heterocycles. The summed E-state index contributed by atoms with van der Waals surface area (Å²) in [4.78, 5) is 0. The molecule has 3 rings (SSSR count). The average molecular weight is 273 g/mol. The topological polar surface area (TPSA) is 12.0 Å². The van der Waals surface area contributed by atoms with Gasteiger partial charge < -0.3 is 5.32 Å². The van der Waals surface area contributed by atoms with Crippen LogP contribution in [-0.2, 0) is 0 Å². The van der Waals surface area contributed by atoms with Crippen LogP contribution < -0.4 is 5.32 Å². The summed E-state index contributed by atoms with van der Waals surface area (Å²) in [5, 5.41) is 7.20. The molecule has 1 aliphatic rings. The average Bonchev–Trinajstić information content (AvgIpc) is 2.89. The Morgan fingerprint density at radius 3 is 2.95 bits per heavy atom. The second-order valence-electron chi connectivity index (χ2n) is 5.98. The van der Waals surface area contributed by atoms with Crippen LogP contribution >= 0.6 is 11.3 Å². The third-order valence-electron chi connectivity index (χ3n) is 4.60. The molecule has 19 heavy (non-hydrogen) atoms. The van der Waals surface area contributed by atoms with E-state index < -0.39 is 0 Å². The van der Waals surface area contributed by atoms with Gasteiger partial charge in [-0.25, -0.2) is 0 Å². The lowest BCUT2D eigenvalue weighted by molar-refractivity contribution is 0.231. The van der Waals surface area contributed by atoms with E-state index in [2.05, 4.69) is 48.9 Å². The zero-order chi connectivity index (χ0) is 13.2. The van der Waals surface area contributed by atoms with Crippen LogP contribution in [0.3, 0.4) is 0 Å². The lowest BCUT2D eigenvalue weighted by atomic mass is 9.76. The minimum Gasteiger partial charge on any atom is -0.313 e. The van der Waals surface area contributed by atoms with Crippen LogP contribution in [0, 0.1) is 11.8 Å². The van der Waals surface area contributed by atoms with Crippen molar-refractivity contribution in [2.45, 2.75) is 38.6 Å². The molecule has 2 aromatic rings. The Morgan fingerprint density at radius 2 is 2.16 bits per heavy atom. The molecule has 1 aromatic carbocycles. The van der Waals surface area contributed by atoms with Gasteiger partial charge in [-0.1, -0.05) is 38.0 Å². The number of hydrogen-bond acceptors (Lipinski definition) is 2. The summed E-state index contributed by atoms with van der Waals surface area (Å²) in [5.74, 6) is 1.68. The van der Waals surface area contributed by atoms with Crippen LogP contribution in [0.15, 0.2) is 29.6 Å². The molecular formula is C17H23NS. The number of rotatable bonds is 3. The lowest BCUT2D eigenvalue weighted by Gasteiger charge is -2.33. The van der Waals surface area contributed by atoms with Crippen LogP contribution in [-0.4, -0.2) is 7.05 Å². The van der Waals surface area contributed by atoms with E-state index in [9.17, 15) is 0 Å². The van der Waals surface area contributed by atoms with Crippen molar-refractivity contribution in [3.8, 4) is 0 Å². The highest BCUT2D eigenvalue weighted by Crippen LogP contribution is 2.40. The van der Waals surface area contributed by atoms with Crippen molar-refractivity contribution in [1.82, 2.24) is 5.32 Å². The highest BCUT2D eigenvalue weighted by molar-refractivity contribution is 7.17. The Labute approximate surface area is 120 Å². The smallest absolute Gasteiger partial charge is 0.0390 e. The van der Waals surface area contributed by atoms with E-state index in [4.69, 9.17) is 0 Å². The third kappa shape index (κ3) is 2.56. The van der Waals surface area contributed by atoms with Gasteiger partial charge >= 0.3 is 0 Å². The molecule has 0 spiro atoms. The molecule has 1 aromatic heterocycles. The quantitative estimate of drug-likeness (QED) is 0.831. The molecule has 2 heteroatoms. The van der Waals surface area contributed by atoms with E-state index in [0.29, 0.717) is 6.04 Å². The SMILES string of the molecule is CNC(c1cccc2ccsc12)C1CCCC(C)C1. The van der Waals surface area contributed by atoms with Crippen LogP contribution in [0.5, 0.6) is 0 Å². The first-order valence-electron chi connectivity index (χ1n) is 7.43. The first-order valence-corrected chi connectivity index (χ1v) is 8.31. The lowest BCUT2D eigenvalue weighted by Crippen LogP contribution is -2.29. The molecule has 3 unspecified atom stereocenters. The van der Waals surface area contributed by atoms with Gasteiger partial charge in [0, 0.05) is 10.7 Å². The van der Waals surface area contributed by atoms with Crippen LogP contribution in [0.25, 0.3) is 10.1 Å². The fraction of sp³-hybridized carbons (Fsp3) is 0.529. The van der Waals surface area contributed by atoms with Gasteiger partial charge in [0.1, 0.15) is 0 Å². The van der Waals surface area contributed by atoms with Crippen molar-refractivity contribution in [3.05, 3.63) is 35.2 Å². The first-order chi connectivity index (χ1) is 9.29. The summed E-state index contributed by atoms with van der Waals surface area (Å²) in [6, 6.07) is 9.51. The monoisotopic (exact) mass is 273 g/mol. The fourth-order valence-electron chi connectivity index (χ4n) is 3.69. The highest BCUT2D eigenvalue weighted by Gasteiger charge is 2.27. The van der Waals surface area contributed by atoms with Crippen molar-refractivity contribution in [2.24, 2.45) is 11.8 Å². The Hall–Kier alpha value is -0.860. The predicted octanol–water partition coefficient (Wildman–Crippen LogP) is 4.99. The van der Waals surface area contributed by atoms with Crippen molar-refractivity contribution in [3.63, 3.8) is 0 Å². The van der Waals surface area contributed by atoms with Crippen molar-refractivity contribution < 1.29 is 0 Å². The van der Waals surface area contributed by atoms with Gasteiger partial charge in [-0.3, -0.25) is 0 Å². The molecule has 1 nitrogen and oxygen atoms in total. The van der Waals surface area contributed by atoms with E-state index in [-0.39, 0.29) is 0 Å². The molecule has 0 saturated heterocycles. The van der Waals surface area contributed by atoms with E-state index in [1.165, 1.54) is 41.3 Å². The zero-order valence-corrected chi connectivity index (χ0v) is 12.7. The maximum absolute atomic E-state index is 3.60. The molecule has 0 bridgehead atoms. The molecular weight excluding hydrogens is 250 g/mol. The minimum atomic E-state index is 0.519. The van der Waals surface area contributed by atoms with Crippen molar-refractivity contribution in [2.75, 3.05) is 7.05 Å².